The summed E-state index contributed by atoms with van der Waals surface area (Å²) in [7, 11) is 0. The van der Waals surface area contributed by atoms with Gasteiger partial charge in [0.15, 0.2) is 0 Å². The van der Waals surface area contributed by atoms with Crippen LogP contribution in [0, 0.1) is 0 Å². The van der Waals surface area contributed by atoms with Gasteiger partial charge in [-0.05, 0) is 30.5 Å². The number of hydrogen-bond donors (Lipinski definition) is 1. The van der Waals surface area contributed by atoms with Gasteiger partial charge in [0.05, 0.1) is 0 Å². The van der Waals surface area contributed by atoms with Gasteiger partial charge in [-0.1, -0.05) is 41.3 Å². The van der Waals surface area contributed by atoms with Gasteiger partial charge in [0, 0.05) is 21.2 Å². The van der Waals surface area contributed by atoms with E-state index in [0.29, 0.717) is 6.54 Å². The molecule has 1 saturated carbocycles. The van der Waals surface area contributed by atoms with Gasteiger partial charge < -0.3 is 5.73 Å². The quantitative estimate of drug-likeness (QED) is 0.899. The summed E-state index contributed by atoms with van der Waals surface area (Å²) in [4.78, 5) is 1.37. The van der Waals surface area contributed by atoms with Crippen molar-refractivity contribution in [1.29, 1.82) is 0 Å². The Labute approximate surface area is 110 Å². The molecule has 0 saturated heterocycles. The van der Waals surface area contributed by atoms with E-state index in [0.717, 1.165) is 9.72 Å². The van der Waals surface area contributed by atoms with Crippen molar-refractivity contribution in [2.45, 2.75) is 48.8 Å². The molecule has 1 aromatic rings. The van der Waals surface area contributed by atoms with Crippen LogP contribution >= 0.6 is 27.7 Å². The molecule has 1 aromatic carbocycles. The third-order valence-corrected chi connectivity index (χ3v) is 5.17. The molecule has 1 fully saturated rings. The van der Waals surface area contributed by atoms with Gasteiger partial charge >= 0.3 is 0 Å². The van der Waals surface area contributed by atoms with E-state index in [9.17, 15) is 0 Å². The highest BCUT2D eigenvalue weighted by molar-refractivity contribution is 9.10. The zero-order valence-corrected chi connectivity index (χ0v) is 11.8. The molecule has 0 spiro atoms. The van der Waals surface area contributed by atoms with Gasteiger partial charge in [-0.25, -0.2) is 0 Å². The SMILES string of the molecule is NCc1ccc(SC2CCCCC2)cc1Br. The zero-order valence-electron chi connectivity index (χ0n) is 9.42. The van der Waals surface area contributed by atoms with Crippen LogP contribution in [-0.2, 0) is 6.54 Å². The lowest BCUT2D eigenvalue weighted by Gasteiger charge is -2.21. The molecule has 0 bridgehead atoms. The Kier molecular flexibility index (Phi) is 4.74. The van der Waals surface area contributed by atoms with Crippen molar-refractivity contribution in [3.05, 3.63) is 28.2 Å². The summed E-state index contributed by atoms with van der Waals surface area (Å²) in [5.41, 5.74) is 6.84. The molecule has 0 amide bonds. The third-order valence-electron chi connectivity index (χ3n) is 3.10. The second kappa shape index (κ2) is 6.08. The third kappa shape index (κ3) is 3.25. The highest BCUT2D eigenvalue weighted by atomic mass is 79.9. The van der Waals surface area contributed by atoms with Gasteiger partial charge in [0.2, 0.25) is 0 Å². The molecule has 0 heterocycles. The minimum absolute atomic E-state index is 0.606. The fourth-order valence-electron chi connectivity index (χ4n) is 2.14. The van der Waals surface area contributed by atoms with Gasteiger partial charge in [-0.2, -0.15) is 0 Å². The molecule has 0 atom stereocenters. The summed E-state index contributed by atoms with van der Waals surface area (Å²) >= 11 is 5.61. The van der Waals surface area contributed by atoms with E-state index in [1.165, 1.54) is 42.6 Å². The summed E-state index contributed by atoms with van der Waals surface area (Å²) < 4.78 is 1.15. The second-order valence-electron chi connectivity index (χ2n) is 4.34. The average molecular weight is 300 g/mol. The molecule has 1 aliphatic rings. The molecule has 1 nitrogen and oxygen atoms in total. The average Bonchev–Trinajstić information content (AvgIpc) is 2.31. The Morgan fingerprint density at radius 2 is 2.00 bits per heavy atom. The van der Waals surface area contributed by atoms with Gasteiger partial charge in [0.1, 0.15) is 0 Å². The molecule has 0 radical (unpaired) electrons. The molecule has 88 valence electrons. The normalized spacial score (nSPS) is 17.6. The van der Waals surface area contributed by atoms with Crippen LogP contribution in [0.4, 0.5) is 0 Å². The molecule has 2 rings (SSSR count). The molecule has 0 aliphatic heterocycles. The molecular weight excluding hydrogens is 282 g/mol. The number of halogens is 1. The van der Waals surface area contributed by atoms with Crippen molar-refractivity contribution in [2.75, 3.05) is 0 Å². The van der Waals surface area contributed by atoms with E-state index < -0.39 is 0 Å². The first kappa shape index (κ1) is 12.5. The van der Waals surface area contributed by atoms with Crippen LogP contribution in [0.3, 0.4) is 0 Å². The predicted molar refractivity (Wildman–Crippen MR) is 74.8 cm³/mol. The monoisotopic (exact) mass is 299 g/mol. The van der Waals surface area contributed by atoms with E-state index in [1.807, 2.05) is 11.8 Å². The van der Waals surface area contributed by atoms with Crippen LogP contribution in [0.15, 0.2) is 27.6 Å². The van der Waals surface area contributed by atoms with Crippen LogP contribution in [0.25, 0.3) is 0 Å². The smallest absolute Gasteiger partial charge is 0.0231 e. The first-order valence-corrected chi connectivity index (χ1v) is 7.62. The van der Waals surface area contributed by atoms with Crippen molar-refractivity contribution in [3.63, 3.8) is 0 Å². The van der Waals surface area contributed by atoms with Crippen LogP contribution in [0.5, 0.6) is 0 Å². The fourth-order valence-corrected chi connectivity index (χ4v) is 4.12. The molecule has 3 heteroatoms. The molecule has 16 heavy (non-hydrogen) atoms. The van der Waals surface area contributed by atoms with Crippen LogP contribution < -0.4 is 5.73 Å². The van der Waals surface area contributed by atoms with Crippen molar-refractivity contribution in [1.82, 2.24) is 0 Å². The molecular formula is C13H18BrNS. The molecule has 0 unspecified atom stereocenters. The summed E-state index contributed by atoms with van der Waals surface area (Å²) in [6.45, 7) is 0.606. The van der Waals surface area contributed by atoms with Crippen molar-refractivity contribution < 1.29 is 0 Å². The van der Waals surface area contributed by atoms with Crippen molar-refractivity contribution >= 4 is 27.7 Å². The van der Waals surface area contributed by atoms with Crippen LogP contribution in [0.2, 0.25) is 0 Å². The first-order valence-electron chi connectivity index (χ1n) is 5.95. The first-order chi connectivity index (χ1) is 7.79. The summed E-state index contributed by atoms with van der Waals surface area (Å²) in [5, 5.41) is 0.823. The minimum atomic E-state index is 0.606. The molecule has 2 N–H and O–H groups in total. The Morgan fingerprint density at radius 3 is 2.62 bits per heavy atom. The minimum Gasteiger partial charge on any atom is -0.326 e. The van der Waals surface area contributed by atoms with E-state index in [-0.39, 0.29) is 0 Å². The highest BCUT2D eigenvalue weighted by Gasteiger charge is 2.14. The Hall–Kier alpha value is 0.01000. The van der Waals surface area contributed by atoms with Crippen molar-refractivity contribution in [2.24, 2.45) is 5.73 Å². The maximum atomic E-state index is 5.65. The van der Waals surface area contributed by atoms with Crippen molar-refractivity contribution in [3.8, 4) is 0 Å². The Morgan fingerprint density at radius 1 is 1.25 bits per heavy atom. The largest absolute Gasteiger partial charge is 0.326 e. The summed E-state index contributed by atoms with van der Waals surface area (Å²) in [6.07, 6.45) is 6.98. The topological polar surface area (TPSA) is 26.0 Å². The maximum Gasteiger partial charge on any atom is 0.0231 e. The van der Waals surface area contributed by atoms with Gasteiger partial charge in [0.25, 0.3) is 0 Å². The Bertz CT molecular complexity index is 348. The number of thioether (sulfide) groups is 1. The van der Waals surface area contributed by atoms with E-state index in [2.05, 4.69) is 34.1 Å². The van der Waals surface area contributed by atoms with E-state index >= 15 is 0 Å². The predicted octanol–water partition coefficient (Wildman–Crippen LogP) is 4.33. The fraction of sp³-hybridized carbons (Fsp3) is 0.538. The van der Waals surface area contributed by atoms with Crippen LogP contribution in [-0.4, -0.2) is 5.25 Å². The van der Waals surface area contributed by atoms with E-state index in [4.69, 9.17) is 5.73 Å². The van der Waals surface area contributed by atoms with Gasteiger partial charge in [-0.15, -0.1) is 11.8 Å². The lowest BCUT2D eigenvalue weighted by molar-refractivity contribution is 0.516. The standard InChI is InChI=1S/C13H18BrNS/c14-13-8-12(7-6-10(13)9-15)16-11-4-2-1-3-5-11/h6-8,11H,1-5,9,15H2. The van der Waals surface area contributed by atoms with E-state index in [1.54, 1.807) is 0 Å². The van der Waals surface area contributed by atoms with Gasteiger partial charge in [-0.3, -0.25) is 0 Å². The number of rotatable bonds is 3. The second-order valence-corrected chi connectivity index (χ2v) is 6.56. The number of benzene rings is 1. The molecule has 0 aromatic heterocycles. The Balaban J connectivity index is 2.01. The lowest BCUT2D eigenvalue weighted by atomic mass is 10.0. The highest BCUT2D eigenvalue weighted by Crippen LogP contribution is 2.35. The van der Waals surface area contributed by atoms with Crippen LogP contribution in [0.1, 0.15) is 37.7 Å². The zero-order chi connectivity index (χ0) is 11.4. The lowest BCUT2D eigenvalue weighted by Crippen LogP contribution is -2.07. The number of nitrogens with two attached hydrogens (primary N) is 1. The summed E-state index contributed by atoms with van der Waals surface area (Å²) in [6, 6.07) is 6.54. The maximum absolute atomic E-state index is 5.65. The molecule has 1 aliphatic carbocycles. The number of hydrogen-bond acceptors (Lipinski definition) is 2. The summed E-state index contributed by atoms with van der Waals surface area (Å²) in [5.74, 6) is 0.